The molecule has 1 aromatic heterocycles. The number of benzene rings is 1. The Morgan fingerprint density at radius 3 is 2.59 bits per heavy atom. The second kappa shape index (κ2) is 7.64. The highest BCUT2D eigenvalue weighted by molar-refractivity contribution is 9.10. The van der Waals surface area contributed by atoms with E-state index in [9.17, 15) is 0 Å². The Kier molecular flexibility index (Phi) is 5.24. The summed E-state index contributed by atoms with van der Waals surface area (Å²) in [7, 11) is 1.74. The van der Waals surface area contributed by atoms with E-state index in [0.717, 1.165) is 52.6 Å². The van der Waals surface area contributed by atoms with Gasteiger partial charge in [0.1, 0.15) is 5.75 Å². The molecule has 0 bridgehead atoms. The predicted molar refractivity (Wildman–Crippen MR) is 113 cm³/mol. The third-order valence-corrected chi connectivity index (χ3v) is 5.94. The lowest BCUT2D eigenvalue weighted by Crippen LogP contribution is -2.44. The van der Waals surface area contributed by atoms with Crippen molar-refractivity contribution in [3.8, 4) is 5.75 Å². The molecule has 4 rings (SSSR count). The molecule has 27 heavy (non-hydrogen) atoms. The minimum absolute atomic E-state index is 0.281. The number of ether oxygens (including phenoxy) is 2. The van der Waals surface area contributed by atoms with E-state index >= 15 is 0 Å². The van der Waals surface area contributed by atoms with Crippen LogP contribution in [0.4, 0.5) is 0 Å². The van der Waals surface area contributed by atoms with Crippen LogP contribution in [-0.2, 0) is 4.74 Å². The predicted octanol–water partition coefficient (Wildman–Crippen LogP) is 5.18. The Balaban J connectivity index is 1.67. The van der Waals surface area contributed by atoms with Crippen molar-refractivity contribution in [1.29, 1.82) is 0 Å². The number of halogens is 1. The number of methoxy groups -OCH3 is 1. The summed E-state index contributed by atoms with van der Waals surface area (Å²) in [5.74, 6) is 0.901. The molecule has 2 aliphatic rings. The van der Waals surface area contributed by atoms with E-state index in [1.54, 1.807) is 7.11 Å². The fourth-order valence-corrected chi connectivity index (χ4v) is 4.61. The Labute approximate surface area is 169 Å². The monoisotopic (exact) mass is 428 g/mol. The van der Waals surface area contributed by atoms with E-state index in [-0.39, 0.29) is 12.2 Å². The van der Waals surface area contributed by atoms with Crippen LogP contribution in [0.5, 0.6) is 5.75 Å². The van der Waals surface area contributed by atoms with E-state index in [1.807, 2.05) is 18.3 Å². The van der Waals surface area contributed by atoms with Crippen molar-refractivity contribution in [3.05, 3.63) is 52.3 Å². The highest BCUT2D eigenvalue weighted by atomic mass is 79.9. The molecule has 0 radical (unpaired) electrons. The molecule has 1 aliphatic heterocycles. The van der Waals surface area contributed by atoms with E-state index in [4.69, 9.17) is 9.47 Å². The molecule has 2 heterocycles. The van der Waals surface area contributed by atoms with Crippen molar-refractivity contribution in [2.75, 3.05) is 20.2 Å². The minimum Gasteiger partial charge on any atom is -0.495 e. The summed E-state index contributed by atoms with van der Waals surface area (Å²) in [5.41, 5.74) is 4.69. The summed E-state index contributed by atoms with van der Waals surface area (Å²) in [6.45, 7) is 6.23. The van der Waals surface area contributed by atoms with Gasteiger partial charge in [0.15, 0.2) is 0 Å². The average Bonchev–Trinajstić information content (AvgIpc) is 2.67. The molecule has 4 nitrogen and oxygen atoms in total. The summed E-state index contributed by atoms with van der Waals surface area (Å²) in [4.78, 5) is 7.15. The maximum Gasteiger partial charge on any atom is 0.137 e. The second-order valence-electron chi connectivity index (χ2n) is 7.35. The first-order valence-corrected chi connectivity index (χ1v) is 10.3. The number of hydrogen-bond donors (Lipinski definition) is 0. The Bertz CT molecular complexity index is 912. The molecular weight excluding hydrogens is 404 g/mol. The van der Waals surface area contributed by atoms with E-state index in [1.165, 1.54) is 11.3 Å². The Morgan fingerprint density at radius 1 is 1.15 bits per heavy atom. The van der Waals surface area contributed by atoms with Crippen LogP contribution in [-0.4, -0.2) is 42.3 Å². The SMILES string of the molecule is COc1c(C2=CC=C(N3C[C@@H](C)O[C@@H](C)C3)CC2)cnc2c(Br)cccc12. The van der Waals surface area contributed by atoms with E-state index < -0.39 is 0 Å². The summed E-state index contributed by atoms with van der Waals surface area (Å²) < 4.78 is 12.6. The molecule has 1 saturated heterocycles. The van der Waals surface area contributed by atoms with Gasteiger partial charge in [-0.15, -0.1) is 0 Å². The molecule has 2 atom stereocenters. The fraction of sp³-hybridized carbons (Fsp3) is 0.409. The number of nitrogens with zero attached hydrogens (tertiary/aromatic N) is 2. The summed E-state index contributed by atoms with van der Waals surface area (Å²) in [6, 6.07) is 6.10. The first-order valence-electron chi connectivity index (χ1n) is 9.48. The Morgan fingerprint density at radius 2 is 1.93 bits per heavy atom. The number of hydrogen-bond acceptors (Lipinski definition) is 4. The van der Waals surface area contributed by atoms with Crippen LogP contribution in [0.25, 0.3) is 16.5 Å². The van der Waals surface area contributed by atoms with Crippen molar-refractivity contribution in [3.63, 3.8) is 0 Å². The quantitative estimate of drug-likeness (QED) is 0.674. The molecule has 5 heteroatoms. The number of allylic oxidation sites excluding steroid dienone is 4. The van der Waals surface area contributed by atoms with E-state index in [2.05, 4.69) is 57.9 Å². The largest absolute Gasteiger partial charge is 0.495 e. The molecule has 0 N–H and O–H groups in total. The van der Waals surface area contributed by atoms with Crippen molar-refractivity contribution < 1.29 is 9.47 Å². The minimum atomic E-state index is 0.281. The zero-order valence-electron chi connectivity index (χ0n) is 16.0. The number of fused-ring (bicyclic) bond motifs is 1. The Hall–Kier alpha value is -1.85. The smallest absolute Gasteiger partial charge is 0.137 e. The highest BCUT2D eigenvalue weighted by Gasteiger charge is 2.25. The van der Waals surface area contributed by atoms with Crippen LogP contribution in [0.15, 0.2) is 46.7 Å². The van der Waals surface area contributed by atoms with Gasteiger partial charge in [-0.2, -0.15) is 0 Å². The highest BCUT2D eigenvalue weighted by Crippen LogP contribution is 2.38. The normalized spacial score (nSPS) is 23.2. The molecular formula is C22H25BrN2O2. The lowest BCUT2D eigenvalue weighted by Gasteiger charge is -2.39. The van der Waals surface area contributed by atoms with Crippen molar-refractivity contribution in [1.82, 2.24) is 9.88 Å². The van der Waals surface area contributed by atoms with Gasteiger partial charge in [-0.05, 0) is 66.4 Å². The zero-order chi connectivity index (χ0) is 19.0. The maximum absolute atomic E-state index is 5.87. The third kappa shape index (κ3) is 3.63. The molecule has 1 fully saturated rings. The van der Waals surface area contributed by atoms with E-state index in [0.29, 0.717) is 0 Å². The van der Waals surface area contributed by atoms with Gasteiger partial charge in [-0.1, -0.05) is 12.1 Å². The molecule has 2 aromatic rings. The van der Waals surface area contributed by atoms with Crippen LogP contribution < -0.4 is 4.74 Å². The summed E-state index contributed by atoms with van der Waals surface area (Å²) in [6.07, 6.45) is 9.01. The van der Waals surface area contributed by atoms with Gasteiger partial charge in [0.05, 0.1) is 24.8 Å². The van der Waals surface area contributed by atoms with Crippen LogP contribution in [0.2, 0.25) is 0 Å². The number of aromatic nitrogens is 1. The number of rotatable bonds is 3. The van der Waals surface area contributed by atoms with Crippen LogP contribution in [0.3, 0.4) is 0 Å². The molecule has 1 aliphatic carbocycles. The van der Waals surface area contributed by atoms with Crippen LogP contribution >= 0.6 is 15.9 Å². The zero-order valence-corrected chi connectivity index (χ0v) is 17.6. The van der Waals surface area contributed by atoms with Gasteiger partial charge < -0.3 is 14.4 Å². The molecule has 0 amide bonds. The summed E-state index contributed by atoms with van der Waals surface area (Å²) >= 11 is 3.58. The fourth-order valence-electron chi connectivity index (χ4n) is 4.14. The van der Waals surface area contributed by atoms with Crippen molar-refractivity contribution >= 4 is 32.4 Å². The topological polar surface area (TPSA) is 34.6 Å². The van der Waals surface area contributed by atoms with Gasteiger partial charge >= 0.3 is 0 Å². The number of para-hydroxylation sites is 1. The van der Waals surface area contributed by atoms with Crippen molar-refractivity contribution in [2.45, 2.75) is 38.9 Å². The standard InChI is InChI=1S/C22H25BrN2O2/c1-14-12-25(13-15(2)27-14)17-9-7-16(8-10-17)19-11-24-21-18(22(19)26-3)5-4-6-20(21)23/h4-7,9,11,14-15H,8,10,12-13H2,1-3H3/t14-,15+. The van der Waals surface area contributed by atoms with Gasteiger partial charge in [0.25, 0.3) is 0 Å². The van der Waals surface area contributed by atoms with Crippen LogP contribution in [0, 0.1) is 0 Å². The molecule has 0 saturated carbocycles. The molecule has 0 unspecified atom stereocenters. The first kappa shape index (κ1) is 18.5. The lowest BCUT2D eigenvalue weighted by atomic mass is 9.94. The summed E-state index contributed by atoms with van der Waals surface area (Å²) in [5, 5.41) is 1.04. The second-order valence-corrected chi connectivity index (χ2v) is 8.21. The molecule has 0 spiro atoms. The van der Waals surface area contributed by atoms with Gasteiger partial charge in [-0.3, -0.25) is 4.98 Å². The third-order valence-electron chi connectivity index (χ3n) is 5.30. The van der Waals surface area contributed by atoms with Gasteiger partial charge in [-0.25, -0.2) is 0 Å². The molecule has 142 valence electrons. The molecule has 1 aromatic carbocycles. The number of morpholine rings is 1. The first-order chi connectivity index (χ1) is 13.1. The average molecular weight is 429 g/mol. The van der Waals surface area contributed by atoms with Crippen molar-refractivity contribution in [2.24, 2.45) is 0 Å². The van der Waals surface area contributed by atoms with Gasteiger partial charge in [0.2, 0.25) is 0 Å². The number of pyridine rings is 1. The lowest BCUT2D eigenvalue weighted by molar-refractivity contribution is -0.0586. The van der Waals surface area contributed by atoms with Gasteiger partial charge in [0, 0.05) is 40.4 Å². The maximum atomic E-state index is 5.87. The van der Waals surface area contributed by atoms with Crippen LogP contribution in [0.1, 0.15) is 32.3 Å².